The van der Waals surface area contributed by atoms with Gasteiger partial charge in [0, 0.05) is 25.0 Å². The highest BCUT2D eigenvalue weighted by Crippen LogP contribution is 2.26. The van der Waals surface area contributed by atoms with Gasteiger partial charge >= 0.3 is 0 Å². The van der Waals surface area contributed by atoms with Gasteiger partial charge in [0.15, 0.2) is 0 Å². The van der Waals surface area contributed by atoms with Crippen LogP contribution in [0.5, 0.6) is 0 Å². The third kappa shape index (κ3) is 3.08. The molecule has 0 amide bonds. The highest BCUT2D eigenvalue weighted by Gasteiger charge is 2.20. The Morgan fingerprint density at radius 1 is 1.40 bits per heavy atom. The highest BCUT2D eigenvalue weighted by molar-refractivity contribution is 5.31. The summed E-state index contributed by atoms with van der Waals surface area (Å²) in [6.07, 6.45) is 4.99. The van der Waals surface area contributed by atoms with Gasteiger partial charge in [0.2, 0.25) is 0 Å². The van der Waals surface area contributed by atoms with Gasteiger partial charge in [-0.15, -0.1) is 0 Å². The first kappa shape index (κ1) is 13.3. The van der Waals surface area contributed by atoms with Crippen molar-refractivity contribution in [2.75, 3.05) is 13.2 Å². The maximum Gasteiger partial charge on any atom is 0.0952 e. The average Bonchev–Trinajstić information content (AvgIpc) is 2.98. The van der Waals surface area contributed by atoms with Gasteiger partial charge in [0.1, 0.15) is 0 Å². The largest absolute Gasteiger partial charge is 0.372 e. The van der Waals surface area contributed by atoms with Crippen molar-refractivity contribution in [3.8, 4) is 0 Å². The number of fused-ring (bicyclic) bond motifs is 1. The first-order valence-electron chi connectivity index (χ1n) is 7.23. The molecule has 0 spiro atoms. The van der Waals surface area contributed by atoms with E-state index in [-0.39, 0.29) is 6.10 Å². The fourth-order valence-electron chi connectivity index (χ4n) is 2.71. The van der Waals surface area contributed by atoms with Gasteiger partial charge in [0.05, 0.1) is 19.3 Å². The Bertz CT molecular complexity index is 538. The predicted octanol–water partition coefficient (Wildman–Crippen LogP) is 2.18. The zero-order valence-corrected chi connectivity index (χ0v) is 11.8. The summed E-state index contributed by atoms with van der Waals surface area (Å²) in [5.41, 5.74) is 2.75. The molecular formula is C16H21N3O. The van der Waals surface area contributed by atoms with Crippen LogP contribution >= 0.6 is 0 Å². The number of rotatable bonds is 5. The van der Waals surface area contributed by atoms with Gasteiger partial charge in [-0.2, -0.15) is 5.10 Å². The summed E-state index contributed by atoms with van der Waals surface area (Å²) in [6.45, 7) is 4.72. The summed E-state index contributed by atoms with van der Waals surface area (Å²) >= 11 is 0. The van der Waals surface area contributed by atoms with E-state index in [9.17, 15) is 0 Å². The van der Waals surface area contributed by atoms with Crippen molar-refractivity contribution < 1.29 is 4.74 Å². The summed E-state index contributed by atoms with van der Waals surface area (Å²) < 4.78 is 7.86. The zero-order chi connectivity index (χ0) is 13.8. The Labute approximate surface area is 119 Å². The first-order valence-corrected chi connectivity index (χ1v) is 7.23. The summed E-state index contributed by atoms with van der Waals surface area (Å²) in [5, 5.41) is 7.78. The molecule has 1 aromatic heterocycles. The lowest BCUT2D eigenvalue weighted by Crippen LogP contribution is -2.35. The molecule has 1 N–H and O–H groups in total. The number of benzene rings is 1. The summed E-state index contributed by atoms with van der Waals surface area (Å²) in [5.74, 6) is 0. The zero-order valence-electron chi connectivity index (χ0n) is 11.8. The van der Waals surface area contributed by atoms with E-state index in [1.54, 1.807) is 0 Å². The fraction of sp³-hybridized carbons (Fsp3) is 0.438. The molecule has 4 nitrogen and oxygen atoms in total. The number of hydrogen-bond acceptors (Lipinski definition) is 3. The van der Waals surface area contributed by atoms with Crippen molar-refractivity contribution in [3.63, 3.8) is 0 Å². The average molecular weight is 271 g/mol. The molecular weight excluding hydrogens is 250 g/mol. The van der Waals surface area contributed by atoms with Crippen LogP contribution in [0.2, 0.25) is 0 Å². The molecule has 2 atom stereocenters. The monoisotopic (exact) mass is 271 g/mol. The Balaban J connectivity index is 1.56. The molecule has 3 rings (SSSR count). The number of aromatic nitrogens is 2. The second-order valence-electron chi connectivity index (χ2n) is 5.35. The lowest BCUT2D eigenvalue weighted by atomic mass is 9.97. The summed E-state index contributed by atoms with van der Waals surface area (Å²) in [6, 6.07) is 10.9. The number of nitrogens with one attached hydrogen (secondary N) is 1. The minimum Gasteiger partial charge on any atom is -0.372 e. The van der Waals surface area contributed by atoms with E-state index < -0.39 is 0 Å². The van der Waals surface area contributed by atoms with Crippen LogP contribution < -0.4 is 5.32 Å². The predicted molar refractivity (Wildman–Crippen MR) is 78.5 cm³/mol. The van der Waals surface area contributed by atoms with E-state index in [4.69, 9.17) is 4.74 Å². The van der Waals surface area contributed by atoms with Gasteiger partial charge in [-0.25, -0.2) is 0 Å². The van der Waals surface area contributed by atoms with Crippen molar-refractivity contribution in [2.45, 2.75) is 32.0 Å². The molecule has 1 aromatic carbocycles. The molecule has 0 aliphatic carbocycles. The molecule has 2 aromatic rings. The number of nitrogens with zero attached hydrogens (tertiary/aromatic N) is 2. The Morgan fingerprint density at radius 3 is 3.15 bits per heavy atom. The summed E-state index contributed by atoms with van der Waals surface area (Å²) in [4.78, 5) is 0. The second kappa shape index (κ2) is 6.20. The van der Waals surface area contributed by atoms with Gasteiger partial charge in [0.25, 0.3) is 0 Å². The van der Waals surface area contributed by atoms with Crippen molar-refractivity contribution >= 4 is 0 Å². The van der Waals surface area contributed by atoms with Crippen LogP contribution in [-0.2, 0) is 17.7 Å². The third-order valence-corrected chi connectivity index (χ3v) is 3.76. The molecule has 0 saturated heterocycles. The van der Waals surface area contributed by atoms with E-state index >= 15 is 0 Å². The fourth-order valence-corrected chi connectivity index (χ4v) is 2.71. The summed E-state index contributed by atoms with van der Waals surface area (Å²) in [7, 11) is 0. The molecule has 1 aliphatic heterocycles. The molecule has 20 heavy (non-hydrogen) atoms. The van der Waals surface area contributed by atoms with Crippen molar-refractivity contribution in [1.82, 2.24) is 15.1 Å². The van der Waals surface area contributed by atoms with Crippen molar-refractivity contribution in [1.29, 1.82) is 0 Å². The van der Waals surface area contributed by atoms with Gasteiger partial charge in [-0.3, -0.25) is 4.68 Å². The van der Waals surface area contributed by atoms with Crippen LogP contribution in [0.15, 0.2) is 42.7 Å². The minimum atomic E-state index is 0.167. The third-order valence-electron chi connectivity index (χ3n) is 3.76. The maximum absolute atomic E-state index is 5.91. The highest BCUT2D eigenvalue weighted by atomic mass is 16.5. The minimum absolute atomic E-state index is 0.167. The molecule has 0 fully saturated rings. The van der Waals surface area contributed by atoms with Crippen LogP contribution in [0.25, 0.3) is 0 Å². The van der Waals surface area contributed by atoms with Crippen LogP contribution in [0.4, 0.5) is 0 Å². The smallest absolute Gasteiger partial charge is 0.0952 e. The lowest BCUT2D eigenvalue weighted by Gasteiger charge is -2.27. The van der Waals surface area contributed by atoms with Gasteiger partial charge in [-0.05, 0) is 30.5 Å². The maximum atomic E-state index is 5.91. The van der Waals surface area contributed by atoms with Crippen LogP contribution in [-0.4, -0.2) is 29.0 Å². The van der Waals surface area contributed by atoms with E-state index in [2.05, 4.69) is 41.6 Å². The van der Waals surface area contributed by atoms with Crippen LogP contribution in [0, 0.1) is 0 Å². The number of ether oxygens (including phenoxy) is 1. The SMILES string of the molecule is CC(Cn1cccn1)NCC1OCCc2ccccc21. The van der Waals surface area contributed by atoms with Gasteiger partial charge in [-0.1, -0.05) is 24.3 Å². The molecule has 4 heteroatoms. The van der Waals surface area contributed by atoms with E-state index in [1.807, 2.05) is 23.1 Å². The molecule has 2 unspecified atom stereocenters. The lowest BCUT2D eigenvalue weighted by molar-refractivity contribution is 0.0406. The van der Waals surface area contributed by atoms with Crippen molar-refractivity contribution in [2.24, 2.45) is 0 Å². The molecule has 0 radical (unpaired) electrons. The molecule has 0 saturated carbocycles. The molecule has 1 aliphatic rings. The molecule has 106 valence electrons. The second-order valence-corrected chi connectivity index (χ2v) is 5.35. The van der Waals surface area contributed by atoms with Gasteiger partial charge < -0.3 is 10.1 Å². The standard InChI is InChI=1S/C16H21N3O/c1-13(12-19-9-4-8-18-19)17-11-16-15-6-3-2-5-14(15)7-10-20-16/h2-6,8-9,13,16-17H,7,10-12H2,1H3. The normalized spacial score (nSPS) is 19.6. The van der Waals surface area contributed by atoms with Crippen LogP contribution in [0.3, 0.4) is 0 Å². The topological polar surface area (TPSA) is 39.1 Å². The Hall–Kier alpha value is -1.65. The quantitative estimate of drug-likeness (QED) is 0.906. The van der Waals surface area contributed by atoms with E-state index in [0.717, 1.165) is 26.1 Å². The Morgan fingerprint density at radius 2 is 2.30 bits per heavy atom. The van der Waals surface area contributed by atoms with E-state index in [0.29, 0.717) is 6.04 Å². The number of hydrogen-bond donors (Lipinski definition) is 1. The first-order chi connectivity index (χ1) is 9.83. The molecule has 2 heterocycles. The molecule has 0 bridgehead atoms. The van der Waals surface area contributed by atoms with E-state index in [1.165, 1.54) is 11.1 Å². The van der Waals surface area contributed by atoms with Crippen molar-refractivity contribution in [3.05, 3.63) is 53.9 Å². The van der Waals surface area contributed by atoms with Crippen LogP contribution in [0.1, 0.15) is 24.2 Å². The Kier molecular flexibility index (Phi) is 4.14.